The zero-order valence-corrected chi connectivity index (χ0v) is 12.7. The molecule has 0 fully saturated rings. The summed E-state index contributed by atoms with van der Waals surface area (Å²) < 4.78 is 38.6. The van der Waals surface area contributed by atoms with Crippen molar-refractivity contribution in [1.82, 2.24) is 9.97 Å². The number of hydrogen-bond acceptors (Lipinski definition) is 4. The van der Waals surface area contributed by atoms with Crippen LogP contribution in [-0.4, -0.2) is 22.6 Å². The molecule has 0 saturated heterocycles. The molecule has 1 rings (SSSR count). The lowest BCUT2D eigenvalue weighted by molar-refractivity contribution is -0.141. The van der Waals surface area contributed by atoms with Crippen LogP contribution >= 0.6 is 0 Å². The first kappa shape index (κ1) is 17.5. The molecule has 1 aromatic heterocycles. The number of nitrogens with zero attached hydrogens (tertiary/aromatic N) is 2. The minimum absolute atomic E-state index is 0.0110. The van der Waals surface area contributed by atoms with Crippen molar-refractivity contribution in [2.24, 2.45) is 0 Å². The van der Waals surface area contributed by atoms with Crippen LogP contribution in [0, 0.1) is 0 Å². The molecule has 0 bridgehead atoms. The molecule has 21 heavy (non-hydrogen) atoms. The van der Waals surface area contributed by atoms with E-state index in [-0.39, 0.29) is 17.8 Å². The predicted molar refractivity (Wildman–Crippen MR) is 78.4 cm³/mol. The quantitative estimate of drug-likeness (QED) is 0.751. The number of hydrogen-bond donors (Lipinski definition) is 2. The molecule has 0 saturated carbocycles. The van der Waals surface area contributed by atoms with Gasteiger partial charge in [0.05, 0.1) is 0 Å². The predicted octanol–water partition coefficient (Wildman–Crippen LogP) is 4.31. The van der Waals surface area contributed by atoms with Crippen LogP contribution in [0.5, 0.6) is 0 Å². The maximum Gasteiger partial charge on any atom is 0.433 e. The van der Waals surface area contributed by atoms with Crippen LogP contribution in [0.2, 0.25) is 0 Å². The van der Waals surface area contributed by atoms with Gasteiger partial charge >= 0.3 is 6.18 Å². The molecule has 1 aromatic rings. The molecule has 0 spiro atoms. The van der Waals surface area contributed by atoms with Gasteiger partial charge in [-0.3, -0.25) is 0 Å². The third kappa shape index (κ3) is 6.18. The molecular formula is C14H23F3N4. The lowest BCUT2D eigenvalue weighted by Crippen LogP contribution is -2.19. The molecule has 120 valence electrons. The first-order valence-electron chi connectivity index (χ1n) is 7.33. The monoisotopic (exact) mass is 304 g/mol. The second-order valence-electron chi connectivity index (χ2n) is 5.07. The molecule has 0 radical (unpaired) electrons. The molecule has 0 aliphatic carbocycles. The van der Waals surface area contributed by atoms with Crippen molar-refractivity contribution in [2.45, 2.75) is 58.7 Å². The molecule has 0 aromatic carbocycles. The van der Waals surface area contributed by atoms with Gasteiger partial charge in [-0.25, -0.2) is 4.98 Å². The Hall–Kier alpha value is -1.53. The first-order chi connectivity index (χ1) is 9.86. The van der Waals surface area contributed by atoms with Crippen LogP contribution in [0.25, 0.3) is 0 Å². The van der Waals surface area contributed by atoms with Crippen molar-refractivity contribution in [3.05, 3.63) is 11.8 Å². The van der Waals surface area contributed by atoms with Crippen LogP contribution in [-0.2, 0) is 6.18 Å². The van der Waals surface area contributed by atoms with Crippen LogP contribution in [0.15, 0.2) is 6.07 Å². The highest BCUT2D eigenvalue weighted by molar-refractivity contribution is 5.43. The lowest BCUT2D eigenvalue weighted by atomic mass is 10.1. The zero-order valence-electron chi connectivity index (χ0n) is 12.7. The van der Waals surface area contributed by atoms with E-state index >= 15 is 0 Å². The minimum Gasteiger partial charge on any atom is -0.367 e. The maximum atomic E-state index is 12.9. The van der Waals surface area contributed by atoms with Gasteiger partial charge in [-0.1, -0.05) is 26.7 Å². The Bertz CT molecular complexity index is 435. The molecule has 2 N–H and O–H groups in total. The number of anilines is 2. The summed E-state index contributed by atoms with van der Waals surface area (Å²) in [6.45, 7) is 6.47. The summed E-state index contributed by atoms with van der Waals surface area (Å²) in [6.07, 6.45) is -0.733. The Kier molecular flexibility index (Phi) is 6.71. The van der Waals surface area contributed by atoms with Gasteiger partial charge in [-0.15, -0.1) is 0 Å². The normalized spacial score (nSPS) is 13.0. The number of aromatic nitrogens is 2. The van der Waals surface area contributed by atoms with E-state index in [9.17, 15) is 13.2 Å². The average Bonchev–Trinajstić information content (AvgIpc) is 2.41. The Morgan fingerprint density at radius 3 is 2.48 bits per heavy atom. The Labute approximate surface area is 123 Å². The van der Waals surface area contributed by atoms with Crippen molar-refractivity contribution in [3.63, 3.8) is 0 Å². The molecule has 0 aliphatic rings. The molecule has 0 amide bonds. The van der Waals surface area contributed by atoms with E-state index in [0.29, 0.717) is 6.54 Å². The summed E-state index contributed by atoms with van der Waals surface area (Å²) in [5.41, 5.74) is -0.929. The largest absolute Gasteiger partial charge is 0.433 e. The van der Waals surface area contributed by atoms with Crippen molar-refractivity contribution < 1.29 is 13.2 Å². The fourth-order valence-corrected chi connectivity index (χ4v) is 1.82. The maximum absolute atomic E-state index is 12.9. The Morgan fingerprint density at radius 2 is 1.90 bits per heavy atom. The summed E-state index contributed by atoms with van der Waals surface area (Å²) in [7, 11) is 0. The van der Waals surface area contributed by atoms with Gasteiger partial charge in [0.15, 0.2) is 5.69 Å². The second kappa shape index (κ2) is 8.05. The van der Waals surface area contributed by atoms with Crippen molar-refractivity contribution in [3.8, 4) is 0 Å². The summed E-state index contributed by atoms with van der Waals surface area (Å²) >= 11 is 0. The first-order valence-corrected chi connectivity index (χ1v) is 7.33. The SMILES string of the molecule is CCCCC(C)Nc1cc(C(F)(F)F)nc(NCCC)n1. The fraction of sp³-hybridized carbons (Fsp3) is 0.714. The van der Waals surface area contributed by atoms with Gasteiger partial charge in [0.1, 0.15) is 5.82 Å². The fourth-order valence-electron chi connectivity index (χ4n) is 1.82. The van der Waals surface area contributed by atoms with E-state index in [0.717, 1.165) is 31.7 Å². The van der Waals surface area contributed by atoms with Gasteiger partial charge in [0.25, 0.3) is 0 Å². The zero-order chi connectivity index (χ0) is 15.9. The van der Waals surface area contributed by atoms with E-state index in [1.165, 1.54) is 0 Å². The summed E-state index contributed by atoms with van der Waals surface area (Å²) in [5.74, 6) is 0.219. The highest BCUT2D eigenvalue weighted by Gasteiger charge is 2.33. The highest BCUT2D eigenvalue weighted by atomic mass is 19.4. The van der Waals surface area contributed by atoms with Crippen molar-refractivity contribution in [1.29, 1.82) is 0 Å². The number of unbranched alkanes of at least 4 members (excludes halogenated alkanes) is 1. The van der Waals surface area contributed by atoms with E-state index in [2.05, 4.69) is 27.5 Å². The van der Waals surface area contributed by atoms with Gasteiger partial charge in [0.2, 0.25) is 5.95 Å². The molecular weight excluding hydrogens is 281 g/mol. The Balaban J connectivity index is 2.90. The third-order valence-electron chi connectivity index (χ3n) is 2.93. The van der Waals surface area contributed by atoms with E-state index in [1.807, 2.05) is 13.8 Å². The van der Waals surface area contributed by atoms with Gasteiger partial charge in [-0.2, -0.15) is 18.2 Å². The molecule has 1 unspecified atom stereocenters. The van der Waals surface area contributed by atoms with E-state index in [1.54, 1.807) is 0 Å². The van der Waals surface area contributed by atoms with Gasteiger partial charge in [0, 0.05) is 18.7 Å². The van der Waals surface area contributed by atoms with Crippen molar-refractivity contribution in [2.75, 3.05) is 17.2 Å². The second-order valence-corrected chi connectivity index (χ2v) is 5.07. The number of alkyl halides is 3. The smallest absolute Gasteiger partial charge is 0.367 e. The lowest BCUT2D eigenvalue weighted by Gasteiger charge is -2.16. The van der Waals surface area contributed by atoms with Gasteiger partial charge in [-0.05, 0) is 19.8 Å². The average molecular weight is 304 g/mol. The summed E-state index contributed by atoms with van der Waals surface area (Å²) in [5, 5.41) is 5.82. The van der Waals surface area contributed by atoms with E-state index in [4.69, 9.17) is 0 Å². The molecule has 1 heterocycles. The minimum atomic E-state index is -4.48. The molecule has 4 nitrogen and oxygen atoms in total. The topological polar surface area (TPSA) is 49.8 Å². The summed E-state index contributed by atoms with van der Waals surface area (Å²) in [4.78, 5) is 7.62. The number of nitrogens with one attached hydrogen (secondary N) is 2. The molecule has 1 atom stereocenters. The third-order valence-corrected chi connectivity index (χ3v) is 2.93. The van der Waals surface area contributed by atoms with E-state index < -0.39 is 11.9 Å². The number of halogens is 3. The van der Waals surface area contributed by atoms with Crippen LogP contribution in [0.1, 0.15) is 52.1 Å². The van der Waals surface area contributed by atoms with Crippen LogP contribution < -0.4 is 10.6 Å². The summed E-state index contributed by atoms with van der Waals surface area (Å²) in [6, 6.07) is 1.03. The van der Waals surface area contributed by atoms with Crippen molar-refractivity contribution >= 4 is 11.8 Å². The molecule has 0 aliphatic heterocycles. The standard InChI is InChI=1S/C14H23F3N4/c1-4-6-7-10(3)19-12-9-11(14(15,16)17)20-13(21-12)18-8-5-2/h9-10H,4-8H2,1-3H3,(H2,18,19,20,21). The molecule has 7 heteroatoms. The highest BCUT2D eigenvalue weighted by Crippen LogP contribution is 2.29. The number of rotatable bonds is 8. The Morgan fingerprint density at radius 1 is 1.19 bits per heavy atom. The van der Waals surface area contributed by atoms with Gasteiger partial charge < -0.3 is 10.6 Å². The van der Waals surface area contributed by atoms with Crippen LogP contribution in [0.4, 0.5) is 24.9 Å². The van der Waals surface area contributed by atoms with Crippen LogP contribution in [0.3, 0.4) is 0 Å².